The van der Waals surface area contributed by atoms with Crippen LogP contribution in [0.15, 0.2) is 5.38 Å². The zero-order chi connectivity index (χ0) is 17.4. The molecule has 4 rings (SSSR count). The summed E-state index contributed by atoms with van der Waals surface area (Å²) in [4.78, 5) is 31.3. The summed E-state index contributed by atoms with van der Waals surface area (Å²) in [5.41, 5.74) is 1.50. The van der Waals surface area contributed by atoms with Crippen molar-refractivity contribution < 1.29 is 9.59 Å². The average molecular weight is 360 g/mol. The minimum Gasteiger partial charge on any atom is -0.348 e. The van der Waals surface area contributed by atoms with Gasteiger partial charge in [-0.3, -0.25) is 9.59 Å². The molecular formula is C16H20N6O2S. The Balaban J connectivity index is 1.55. The van der Waals surface area contributed by atoms with Gasteiger partial charge in [-0.15, -0.1) is 16.4 Å². The molecule has 2 aliphatic rings. The highest BCUT2D eigenvalue weighted by Crippen LogP contribution is 2.21. The van der Waals surface area contributed by atoms with Crippen LogP contribution in [0.2, 0.25) is 0 Å². The average Bonchev–Trinajstić information content (AvgIpc) is 3.10. The van der Waals surface area contributed by atoms with Gasteiger partial charge in [0, 0.05) is 24.5 Å². The zero-order valence-electron chi connectivity index (χ0n) is 14.1. The van der Waals surface area contributed by atoms with Crippen molar-refractivity contribution in [3.63, 3.8) is 0 Å². The van der Waals surface area contributed by atoms with Crippen LogP contribution in [0.5, 0.6) is 0 Å². The highest BCUT2D eigenvalue weighted by molar-refractivity contribution is 7.09. The van der Waals surface area contributed by atoms with Crippen molar-refractivity contribution in [2.24, 2.45) is 0 Å². The third kappa shape index (κ3) is 3.15. The smallest absolute Gasteiger partial charge is 0.274 e. The van der Waals surface area contributed by atoms with Crippen molar-refractivity contribution in [3.05, 3.63) is 27.5 Å². The van der Waals surface area contributed by atoms with Crippen LogP contribution in [0.4, 0.5) is 0 Å². The van der Waals surface area contributed by atoms with Crippen LogP contribution in [-0.4, -0.2) is 49.3 Å². The molecule has 0 unspecified atom stereocenters. The molecule has 2 aromatic heterocycles. The summed E-state index contributed by atoms with van der Waals surface area (Å²) in [6.07, 6.45) is 3.96. The van der Waals surface area contributed by atoms with E-state index in [4.69, 9.17) is 0 Å². The van der Waals surface area contributed by atoms with Gasteiger partial charge in [0.25, 0.3) is 11.8 Å². The lowest BCUT2D eigenvalue weighted by Crippen LogP contribution is -2.40. The van der Waals surface area contributed by atoms with E-state index < -0.39 is 0 Å². The molecule has 0 radical (unpaired) electrons. The molecule has 25 heavy (non-hydrogen) atoms. The van der Waals surface area contributed by atoms with Crippen LogP contribution < -0.4 is 5.32 Å². The van der Waals surface area contributed by atoms with E-state index in [1.54, 1.807) is 15.0 Å². The lowest BCUT2D eigenvalue weighted by Gasteiger charge is -2.26. The number of thiazole rings is 1. The van der Waals surface area contributed by atoms with E-state index in [0.29, 0.717) is 36.7 Å². The van der Waals surface area contributed by atoms with Crippen LogP contribution in [-0.2, 0) is 13.1 Å². The first-order chi connectivity index (χ1) is 12.1. The number of hydrogen-bond donors (Lipinski definition) is 1. The number of amides is 2. The van der Waals surface area contributed by atoms with E-state index in [-0.39, 0.29) is 17.9 Å². The summed E-state index contributed by atoms with van der Waals surface area (Å²) in [5, 5.41) is 13.8. The van der Waals surface area contributed by atoms with E-state index >= 15 is 0 Å². The van der Waals surface area contributed by atoms with E-state index in [0.717, 1.165) is 30.7 Å². The molecule has 1 aliphatic carbocycles. The van der Waals surface area contributed by atoms with Crippen molar-refractivity contribution in [1.29, 1.82) is 0 Å². The number of rotatable bonds is 3. The van der Waals surface area contributed by atoms with Crippen molar-refractivity contribution in [3.8, 4) is 0 Å². The Labute approximate surface area is 149 Å². The zero-order valence-corrected chi connectivity index (χ0v) is 14.9. The van der Waals surface area contributed by atoms with E-state index in [1.807, 2.05) is 6.92 Å². The van der Waals surface area contributed by atoms with Gasteiger partial charge in [-0.2, -0.15) is 0 Å². The molecule has 0 bridgehead atoms. The lowest BCUT2D eigenvalue weighted by atomic mass is 9.93. The molecule has 0 spiro atoms. The quantitative estimate of drug-likeness (QED) is 0.892. The van der Waals surface area contributed by atoms with Gasteiger partial charge >= 0.3 is 0 Å². The van der Waals surface area contributed by atoms with Crippen LogP contribution >= 0.6 is 11.3 Å². The van der Waals surface area contributed by atoms with Gasteiger partial charge in [-0.25, -0.2) is 9.67 Å². The minimum absolute atomic E-state index is 0.107. The molecule has 0 aromatic carbocycles. The number of aryl methyl sites for hydroxylation is 2. The summed E-state index contributed by atoms with van der Waals surface area (Å²) < 4.78 is 1.75. The summed E-state index contributed by atoms with van der Waals surface area (Å²) >= 11 is 1.46. The molecule has 132 valence electrons. The Kier molecular flexibility index (Phi) is 4.24. The first-order valence-electron chi connectivity index (χ1n) is 8.56. The minimum atomic E-state index is -0.190. The molecule has 1 fully saturated rings. The van der Waals surface area contributed by atoms with Crippen molar-refractivity contribution in [2.45, 2.75) is 51.7 Å². The summed E-state index contributed by atoms with van der Waals surface area (Å²) in [5.74, 6) is -0.297. The van der Waals surface area contributed by atoms with E-state index in [2.05, 4.69) is 20.6 Å². The maximum atomic E-state index is 12.7. The third-order valence-electron chi connectivity index (χ3n) is 4.76. The fourth-order valence-corrected chi connectivity index (χ4v) is 3.71. The molecule has 1 saturated carbocycles. The first-order valence-corrected chi connectivity index (χ1v) is 9.44. The Hall–Kier alpha value is -2.29. The van der Waals surface area contributed by atoms with Crippen LogP contribution in [0.1, 0.15) is 57.4 Å². The molecule has 8 nitrogen and oxygen atoms in total. The van der Waals surface area contributed by atoms with Gasteiger partial charge in [0.15, 0.2) is 5.69 Å². The highest BCUT2D eigenvalue weighted by Gasteiger charge is 2.29. The van der Waals surface area contributed by atoms with Crippen molar-refractivity contribution in [1.82, 2.24) is 30.2 Å². The second-order valence-electron chi connectivity index (χ2n) is 6.54. The van der Waals surface area contributed by atoms with Gasteiger partial charge in [0.2, 0.25) is 0 Å². The second-order valence-corrected chi connectivity index (χ2v) is 7.60. The molecule has 1 N–H and O–H groups in total. The lowest BCUT2D eigenvalue weighted by molar-refractivity contribution is 0.0737. The molecule has 0 saturated heterocycles. The van der Waals surface area contributed by atoms with Crippen LogP contribution in [0.3, 0.4) is 0 Å². The number of carbonyl (C=O) groups excluding carboxylic acids is 2. The number of nitrogens with one attached hydrogen (secondary N) is 1. The normalized spacial score (nSPS) is 17.6. The molecule has 0 atom stereocenters. The topological polar surface area (TPSA) is 93.0 Å². The second kappa shape index (κ2) is 6.55. The Morgan fingerprint density at radius 2 is 2.12 bits per heavy atom. The molecule has 9 heteroatoms. The number of nitrogens with zero attached hydrogens (tertiary/aromatic N) is 5. The van der Waals surface area contributed by atoms with Gasteiger partial charge in [-0.1, -0.05) is 5.21 Å². The maximum Gasteiger partial charge on any atom is 0.274 e. The SMILES string of the molecule is Cc1nc(C(=O)N2CCCn3nnc(C(=O)NC4CCC4)c3C2)cs1. The van der Waals surface area contributed by atoms with Gasteiger partial charge in [0.05, 0.1) is 17.2 Å². The maximum absolute atomic E-state index is 12.7. The summed E-state index contributed by atoms with van der Waals surface area (Å²) in [7, 11) is 0. The van der Waals surface area contributed by atoms with Crippen molar-refractivity contribution >= 4 is 23.2 Å². The monoisotopic (exact) mass is 360 g/mol. The molecule has 2 aromatic rings. The Morgan fingerprint density at radius 1 is 1.28 bits per heavy atom. The van der Waals surface area contributed by atoms with E-state index in [9.17, 15) is 9.59 Å². The Morgan fingerprint density at radius 3 is 2.80 bits per heavy atom. The highest BCUT2D eigenvalue weighted by atomic mass is 32.1. The van der Waals surface area contributed by atoms with Crippen LogP contribution in [0.25, 0.3) is 0 Å². The van der Waals surface area contributed by atoms with Gasteiger partial charge in [0.1, 0.15) is 5.69 Å². The van der Waals surface area contributed by atoms with Gasteiger partial charge < -0.3 is 10.2 Å². The predicted molar refractivity (Wildman–Crippen MR) is 91.3 cm³/mol. The largest absolute Gasteiger partial charge is 0.348 e. The number of fused-ring (bicyclic) bond motifs is 1. The number of carbonyl (C=O) groups is 2. The predicted octanol–water partition coefficient (Wildman–Crippen LogP) is 1.37. The van der Waals surface area contributed by atoms with Crippen LogP contribution in [0, 0.1) is 6.92 Å². The molecule has 3 heterocycles. The molecule has 1 aliphatic heterocycles. The molecule has 2 amide bonds. The fraction of sp³-hybridized carbons (Fsp3) is 0.562. The van der Waals surface area contributed by atoms with Crippen molar-refractivity contribution in [2.75, 3.05) is 6.54 Å². The standard InChI is InChI=1S/C16H20N6O2S/c1-10-17-12(9-25-10)16(24)21-6-3-7-22-13(8-21)14(19-20-22)15(23)18-11-4-2-5-11/h9,11H,2-8H2,1H3,(H,18,23). The molecular weight excluding hydrogens is 340 g/mol. The number of hydrogen-bond acceptors (Lipinski definition) is 6. The number of aromatic nitrogens is 4. The summed E-state index contributed by atoms with van der Waals surface area (Å²) in [6.45, 7) is 3.48. The summed E-state index contributed by atoms with van der Waals surface area (Å²) in [6, 6.07) is 0.242. The van der Waals surface area contributed by atoms with Gasteiger partial charge in [-0.05, 0) is 32.6 Å². The third-order valence-corrected chi connectivity index (χ3v) is 5.53. The van der Waals surface area contributed by atoms with E-state index in [1.165, 1.54) is 11.3 Å². The fourth-order valence-electron chi connectivity index (χ4n) is 3.12. The Bertz CT molecular complexity index is 809. The first kappa shape index (κ1) is 16.2.